The van der Waals surface area contributed by atoms with E-state index in [0.29, 0.717) is 29.9 Å². The first-order valence-electron chi connectivity index (χ1n) is 7.80. The number of amides is 1. The van der Waals surface area contributed by atoms with Crippen molar-refractivity contribution >= 4 is 17.7 Å². The zero-order valence-corrected chi connectivity index (χ0v) is 15.4. The Hall–Kier alpha value is -1.80. The molecule has 0 aliphatic carbocycles. The lowest BCUT2D eigenvalue weighted by Crippen LogP contribution is -2.41. The highest BCUT2D eigenvalue weighted by Gasteiger charge is 2.19. The predicted octanol–water partition coefficient (Wildman–Crippen LogP) is 2.58. The fourth-order valence-electron chi connectivity index (χ4n) is 2.14. The van der Waals surface area contributed by atoms with Gasteiger partial charge in [0.05, 0.1) is 12.0 Å². The van der Waals surface area contributed by atoms with Gasteiger partial charge < -0.3 is 14.5 Å². The smallest absolute Gasteiger partial charge is 0.230 e. The molecule has 8 heteroatoms. The van der Waals surface area contributed by atoms with Crippen molar-refractivity contribution in [1.82, 2.24) is 20.1 Å². The van der Waals surface area contributed by atoms with Gasteiger partial charge in [0.25, 0.3) is 0 Å². The van der Waals surface area contributed by atoms with Crippen LogP contribution in [0.2, 0.25) is 0 Å². The number of hydrogen-bond acceptors (Lipinski definition) is 6. The summed E-state index contributed by atoms with van der Waals surface area (Å²) in [7, 11) is 1.67. The third kappa shape index (κ3) is 5.38. The maximum absolute atomic E-state index is 12.0. The number of ether oxygens (including phenoxy) is 1. The van der Waals surface area contributed by atoms with Crippen molar-refractivity contribution in [2.24, 2.45) is 0 Å². The maximum Gasteiger partial charge on any atom is 0.230 e. The van der Waals surface area contributed by atoms with E-state index in [1.807, 2.05) is 37.5 Å². The summed E-state index contributed by atoms with van der Waals surface area (Å²) in [4.78, 5) is 12.0. The van der Waals surface area contributed by atoms with Gasteiger partial charge in [-0.05, 0) is 39.3 Å². The molecule has 2 heterocycles. The number of methoxy groups -OCH3 is 1. The van der Waals surface area contributed by atoms with Crippen molar-refractivity contribution in [2.75, 3.05) is 19.5 Å². The Balaban J connectivity index is 2.09. The van der Waals surface area contributed by atoms with Crippen molar-refractivity contribution < 1.29 is 13.9 Å². The van der Waals surface area contributed by atoms with E-state index < -0.39 is 0 Å². The summed E-state index contributed by atoms with van der Waals surface area (Å²) >= 11 is 1.37. The molecule has 0 saturated heterocycles. The van der Waals surface area contributed by atoms with Crippen molar-refractivity contribution in [3.63, 3.8) is 0 Å². The van der Waals surface area contributed by atoms with Crippen LogP contribution in [0.1, 0.15) is 27.2 Å². The molecule has 0 aliphatic heterocycles. The lowest BCUT2D eigenvalue weighted by Gasteiger charge is -2.20. The van der Waals surface area contributed by atoms with Crippen LogP contribution in [0.15, 0.2) is 28.0 Å². The highest BCUT2D eigenvalue weighted by atomic mass is 32.2. The summed E-state index contributed by atoms with van der Waals surface area (Å²) in [5.41, 5.74) is -0.247. The lowest BCUT2D eigenvalue weighted by atomic mass is 10.1. The van der Waals surface area contributed by atoms with Crippen LogP contribution in [0.4, 0.5) is 0 Å². The number of nitrogens with one attached hydrogen (secondary N) is 1. The van der Waals surface area contributed by atoms with E-state index in [2.05, 4.69) is 15.5 Å². The molecule has 1 N–H and O–H groups in total. The summed E-state index contributed by atoms with van der Waals surface area (Å²) in [6.45, 7) is 7.21. The molecule has 2 rings (SSSR count). The van der Waals surface area contributed by atoms with E-state index in [-0.39, 0.29) is 17.2 Å². The normalized spacial score (nSPS) is 11.7. The SMILES string of the molecule is COCCCn1c(SCC(=O)NC(C)(C)C)nnc1-c1ccco1. The highest BCUT2D eigenvalue weighted by molar-refractivity contribution is 7.99. The zero-order chi connectivity index (χ0) is 17.6. The summed E-state index contributed by atoms with van der Waals surface area (Å²) in [6.07, 6.45) is 2.43. The van der Waals surface area contributed by atoms with Crippen molar-refractivity contribution in [1.29, 1.82) is 0 Å². The first-order valence-corrected chi connectivity index (χ1v) is 8.79. The first-order chi connectivity index (χ1) is 11.4. The molecule has 132 valence electrons. The average molecular weight is 352 g/mol. The van der Waals surface area contributed by atoms with Crippen LogP contribution in [-0.4, -0.2) is 45.7 Å². The largest absolute Gasteiger partial charge is 0.461 e. The van der Waals surface area contributed by atoms with Crippen molar-refractivity contribution in [3.05, 3.63) is 18.4 Å². The molecule has 7 nitrogen and oxygen atoms in total. The lowest BCUT2D eigenvalue weighted by molar-refractivity contribution is -0.119. The highest BCUT2D eigenvalue weighted by Crippen LogP contribution is 2.24. The van der Waals surface area contributed by atoms with Crippen LogP contribution in [-0.2, 0) is 16.1 Å². The summed E-state index contributed by atoms with van der Waals surface area (Å²) in [5, 5.41) is 12.1. The third-order valence-electron chi connectivity index (χ3n) is 3.04. The Morgan fingerprint density at radius 3 is 2.83 bits per heavy atom. The summed E-state index contributed by atoms with van der Waals surface area (Å²) < 4.78 is 12.5. The van der Waals surface area contributed by atoms with Gasteiger partial charge in [-0.2, -0.15) is 0 Å². The van der Waals surface area contributed by atoms with Crippen LogP contribution < -0.4 is 5.32 Å². The molecule has 0 unspecified atom stereocenters. The van der Waals surface area contributed by atoms with Gasteiger partial charge in [0, 0.05) is 25.8 Å². The molecule has 0 aromatic carbocycles. The fourth-order valence-corrected chi connectivity index (χ4v) is 2.90. The molecule has 0 aliphatic rings. The van der Waals surface area contributed by atoms with Gasteiger partial charge in [-0.1, -0.05) is 11.8 Å². The molecule has 2 aromatic rings. The van der Waals surface area contributed by atoms with Crippen LogP contribution in [0.3, 0.4) is 0 Å². The first kappa shape index (κ1) is 18.5. The molecule has 0 atom stereocenters. The minimum Gasteiger partial charge on any atom is -0.461 e. The van der Waals surface area contributed by atoms with Gasteiger partial charge in [-0.15, -0.1) is 10.2 Å². The summed E-state index contributed by atoms with van der Waals surface area (Å²) in [6, 6.07) is 3.66. The standard InChI is InChI=1S/C16H24N4O3S/c1-16(2,3)17-13(21)11-24-15-19-18-14(12-7-5-10-23-12)20(15)8-6-9-22-4/h5,7,10H,6,8-9,11H2,1-4H3,(H,17,21). The average Bonchev–Trinajstić information content (AvgIpc) is 3.12. The number of hydrogen-bond donors (Lipinski definition) is 1. The Bertz CT molecular complexity index is 647. The van der Waals surface area contributed by atoms with Gasteiger partial charge in [0.2, 0.25) is 5.91 Å². The van der Waals surface area contributed by atoms with Crippen molar-refractivity contribution in [3.8, 4) is 11.6 Å². The van der Waals surface area contributed by atoms with Crippen LogP contribution >= 0.6 is 11.8 Å². The number of aromatic nitrogens is 3. The van der Waals surface area contributed by atoms with Gasteiger partial charge in [0.15, 0.2) is 16.7 Å². The fraction of sp³-hybridized carbons (Fsp3) is 0.562. The molecular formula is C16H24N4O3S. The Morgan fingerprint density at radius 2 is 2.21 bits per heavy atom. The molecular weight excluding hydrogens is 328 g/mol. The molecule has 0 saturated carbocycles. The van der Waals surface area contributed by atoms with Gasteiger partial charge in [0.1, 0.15) is 0 Å². The van der Waals surface area contributed by atoms with Crippen LogP contribution in [0.25, 0.3) is 11.6 Å². The molecule has 1 amide bonds. The number of carbonyl (C=O) groups excluding carboxylic acids is 1. The molecule has 24 heavy (non-hydrogen) atoms. The number of thioether (sulfide) groups is 1. The summed E-state index contributed by atoms with van der Waals surface area (Å²) in [5.74, 6) is 1.58. The molecule has 0 spiro atoms. The second-order valence-electron chi connectivity index (χ2n) is 6.37. The second-order valence-corrected chi connectivity index (χ2v) is 7.31. The number of nitrogens with zero attached hydrogens (tertiary/aromatic N) is 3. The minimum atomic E-state index is -0.247. The Kier molecular flexibility index (Phi) is 6.44. The Labute approximate surface area is 146 Å². The zero-order valence-electron chi connectivity index (χ0n) is 14.5. The van der Waals surface area contributed by atoms with E-state index in [1.165, 1.54) is 11.8 Å². The molecule has 0 fully saturated rings. The number of furan rings is 1. The topological polar surface area (TPSA) is 82.2 Å². The van der Waals surface area contributed by atoms with Crippen LogP contribution in [0.5, 0.6) is 0 Å². The second kappa shape index (κ2) is 8.34. The van der Waals surface area contributed by atoms with E-state index in [9.17, 15) is 4.79 Å². The quantitative estimate of drug-likeness (QED) is 0.581. The van der Waals surface area contributed by atoms with Crippen LogP contribution in [0, 0.1) is 0 Å². The maximum atomic E-state index is 12.0. The monoisotopic (exact) mass is 352 g/mol. The Morgan fingerprint density at radius 1 is 1.42 bits per heavy atom. The molecule has 0 bridgehead atoms. The third-order valence-corrected chi connectivity index (χ3v) is 4.00. The molecule has 0 radical (unpaired) electrons. The number of rotatable bonds is 8. The van der Waals surface area contributed by atoms with Gasteiger partial charge >= 0.3 is 0 Å². The van der Waals surface area contributed by atoms with Gasteiger partial charge in [-0.25, -0.2) is 0 Å². The van der Waals surface area contributed by atoms with E-state index >= 15 is 0 Å². The van der Waals surface area contributed by atoms with Gasteiger partial charge in [-0.3, -0.25) is 9.36 Å². The van der Waals surface area contributed by atoms with E-state index in [1.54, 1.807) is 13.4 Å². The van der Waals surface area contributed by atoms with E-state index in [4.69, 9.17) is 9.15 Å². The van der Waals surface area contributed by atoms with Crippen molar-refractivity contribution in [2.45, 2.75) is 44.4 Å². The minimum absolute atomic E-state index is 0.0292. The molecule has 2 aromatic heterocycles. The van der Waals surface area contributed by atoms with E-state index in [0.717, 1.165) is 6.42 Å². The predicted molar refractivity (Wildman–Crippen MR) is 92.8 cm³/mol. The number of carbonyl (C=O) groups is 1.